The second kappa shape index (κ2) is 10.7. The van der Waals surface area contributed by atoms with Crippen molar-refractivity contribution in [3.8, 4) is 11.5 Å². The van der Waals surface area contributed by atoms with Gasteiger partial charge >= 0.3 is 0 Å². The highest BCUT2D eigenvalue weighted by atomic mass is 16.4. The number of benzene rings is 1. The summed E-state index contributed by atoms with van der Waals surface area (Å²) >= 11 is 0. The van der Waals surface area contributed by atoms with Crippen LogP contribution in [-0.4, -0.2) is 60.5 Å². The molecule has 0 bridgehead atoms. The molecule has 6 heteroatoms. The molecule has 0 spiro atoms. The maximum absolute atomic E-state index is 12.5. The summed E-state index contributed by atoms with van der Waals surface area (Å²) in [4.78, 5) is 21.9. The number of rotatable bonds is 9. The van der Waals surface area contributed by atoms with Gasteiger partial charge in [0.2, 0.25) is 11.8 Å². The fraction of sp³-hybridized carbons (Fsp3) is 0.583. The Hall–Kier alpha value is -2.18. The van der Waals surface area contributed by atoms with Gasteiger partial charge in [-0.1, -0.05) is 25.1 Å². The highest BCUT2D eigenvalue weighted by Gasteiger charge is 2.26. The van der Waals surface area contributed by atoms with Crippen LogP contribution >= 0.6 is 0 Å². The first-order chi connectivity index (χ1) is 14.5. The summed E-state index contributed by atoms with van der Waals surface area (Å²) < 4.78 is 5.96. The molecule has 1 aliphatic heterocycles. The van der Waals surface area contributed by atoms with Crippen molar-refractivity contribution in [1.29, 1.82) is 0 Å². The van der Waals surface area contributed by atoms with Crippen LogP contribution in [0.3, 0.4) is 0 Å². The van der Waals surface area contributed by atoms with Gasteiger partial charge in [0, 0.05) is 31.1 Å². The van der Waals surface area contributed by atoms with E-state index in [9.17, 15) is 4.79 Å². The Morgan fingerprint density at radius 1 is 1.23 bits per heavy atom. The number of likely N-dealkylation sites (tertiary alicyclic amines) is 1. The third-order valence-corrected chi connectivity index (χ3v) is 6.00. The molecule has 1 saturated heterocycles. The monoisotopic (exact) mass is 412 g/mol. The molecule has 0 radical (unpaired) electrons. The van der Waals surface area contributed by atoms with Crippen LogP contribution < -0.4 is 5.32 Å². The van der Waals surface area contributed by atoms with Gasteiger partial charge in [-0.2, -0.15) is 0 Å². The molecule has 164 valence electrons. The summed E-state index contributed by atoms with van der Waals surface area (Å²) in [5.41, 5.74) is 3.21. The summed E-state index contributed by atoms with van der Waals surface area (Å²) in [7, 11) is 2.10. The summed E-state index contributed by atoms with van der Waals surface area (Å²) in [6.45, 7) is 11.6. The number of amides is 1. The molecule has 1 aromatic heterocycles. The maximum Gasteiger partial charge on any atom is 0.226 e. The Balaban J connectivity index is 1.47. The van der Waals surface area contributed by atoms with E-state index in [-0.39, 0.29) is 11.8 Å². The van der Waals surface area contributed by atoms with Crippen molar-refractivity contribution in [1.82, 2.24) is 20.1 Å². The third kappa shape index (κ3) is 5.92. The number of hydrogen-bond acceptors (Lipinski definition) is 5. The topological polar surface area (TPSA) is 61.6 Å². The maximum atomic E-state index is 12.5. The molecule has 3 rings (SSSR count). The third-order valence-electron chi connectivity index (χ3n) is 6.00. The zero-order chi connectivity index (χ0) is 21.5. The van der Waals surface area contributed by atoms with Crippen LogP contribution in [0, 0.1) is 19.8 Å². The predicted octanol–water partition coefficient (Wildman–Crippen LogP) is 3.63. The van der Waals surface area contributed by atoms with Gasteiger partial charge < -0.3 is 14.6 Å². The van der Waals surface area contributed by atoms with Crippen LogP contribution in [0.5, 0.6) is 0 Å². The number of carbonyl (C=O) groups excluding carboxylic acids is 1. The van der Waals surface area contributed by atoms with Crippen molar-refractivity contribution in [2.45, 2.75) is 46.6 Å². The summed E-state index contributed by atoms with van der Waals surface area (Å²) in [5, 5.41) is 3.12. The normalized spacial score (nSPS) is 15.6. The number of nitrogens with zero attached hydrogens (tertiary/aromatic N) is 3. The molecule has 0 aliphatic carbocycles. The van der Waals surface area contributed by atoms with E-state index in [1.165, 1.54) is 0 Å². The number of carbonyl (C=O) groups is 1. The Morgan fingerprint density at radius 2 is 1.97 bits per heavy atom. The van der Waals surface area contributed by atoms with E-state index in [0.717, 1.165) is 81.1 Å². The van der Waals surface area contributed by atoms with Crippen LogP contribution in [0.2, 0.25) is 0 Å². The van der Waals surface area contributed by atoms with Crippen molar-refractivity contribution in [2.75, 3.05) is 39.8 Å². The molecule has 30 heavy (non-hydrogen) atoms. The molecule has 6 nitrogen and oxygen atoms in total. The van der Waals surface area contributed by atoms with E-state index in [4.69, 9.17) is 9.40 Å². The SMILES string of the molecule is CCCN(C)CCNC(=O)C1CCN(Cc2nc(-c3ccccc3C)oc2C)CC1. The highest BCUT2D eigenvalue weighted by molar-refractivity contribution is 5.78. The molecular formula is C24H36N4O2. The number of oxazole rings is 1. The number of piperidine rings is 1. The summed E-state index contributed by atoms with van der Waals surface area (Å²) in [5.74, 6) is 1.91. The highest BCUT2D eigenvalue weighted by Crippen LogP contribution is 2.26. The van der Waals surface area contributed by atoms with Crippen molar-refractivity contribution >= 4 is 5.91 Å². The average molecular weight is 413 g/mol. The van der Waals surface area contributed by atoms with Crippen LogP contribution in [0.1, 0.15) is 43.2 Å². The number of aromatic nitrogens is 1. The standard InChI is InChI=1S/C24H36N4O2/c1-5-13-27(4)16-12-25-23(29)20-10-14-28(15-11-20)17-22-19(3)30-24(26-22)21-9-7-6-8-18(21)2/h6-9,20H,5,10-17H2,1-4H3,(H,25,29). The molecule has 1 fully saturated rings. The van der Waals surface area contributed by atoms with Gasteiger partial charge in [-0.15, -0.1) is 0 Å². The molecule has 2 heterocycles. The summed E-state index contributed by atoms with van der Waals surface area (Å²) in [6, 6.07) is 8.17. The Bertz CT molecular complexity index is 824. The van der Waals surface area contributed by atoms with Gasteiger partial charge in [-0.3, -0.25) is 9.69 Å². The van der Waals surface area contributed by atoms with Gasteiger partial charge in [0.25, 0.3) is 0 Å². The minimum atomic E-state index is 0.124. The smallest absolute Gasteiger partial charge is 0.226 e. The van der Waals surface area contributed by atoms with Crippen LogP contribution in [0.25, 0.3) is 11.5 Å². The van der Waals surface area contributed by atoms with E-state index in [1.54, 1.807) is 0 Å². The first kappa shape index (κ1) is 22.5. The lowest BCUT2D eigenvalue weighted by Gasteiger charge is -2.30. The number of nitrogens with one attached hydrogen (secondary N) is 1. The first-order valence-electron chi connectivity index (χ1n) is 11.2. The van der Waals surface area contributed by atoms with Crippen molar-refractivity contribution in [3.63, 3.8) is 0 Å². The molecule has 1 amide bonds. The number of hydrogen-bond donors (Lipinski definition) is 1. The predicted molar refractivity (Wildman–Crippen MR) is 120 cm³/mol. The second-order valence-corrected chi connectivity index (χ2v) is 8.48. The quantitative estimate of drug-likeness (QED) is 0.681. The van der Waals surface area contributed by atoms with E-state index in [0.29, 0.717) is 5.89 Å². The average Bonchev–Trinajstić information content (AvgIpc) is 3.09. The fourth-order valence-corrected chi connectivity index (χ4v) is 4.08. The van der Waals surface area contributed by atoms with Gasteiger partial charge in [0.15, 0.2) is 0 Å². The lowest BCUT2D eigenvalue weighted by molar-refractivity contribution is -0.126. The minimum Gasteiger partial charge on any atom is -0.441 e. The summed E-state index contributed by atoms with van der Waals surface area (Å²) in [6.07, 6.45) is 2.94. The largest absolute Gasteiger partial charge is 0.441 e. The molecule has 0 unspecified atom stereocenters. The number of likely N-dealkylation sites (N-methyl/N-ethyl adjacent to an activating group) is 1. The van der Waals surface area contributed by atoms with E-state index < -0.39 is 0 Å². The van der Waals surface area contributed by atoms with Crippen LogP contribution in [0.4, 0.5) is 0 Å². The van der Waals surface area contributed by atoms with Gasteiger partial charge in [-0.25, -0.2) is 4.98 Å². The molecule has 1 aliphatic rings. The molecule has 0 atom stereocenters. The molecule has 2 aromatic rings. The Morgan fingerprint density at radius 3 is 2.67 bits per heavy atom. The van der Waals surface area contributed by atoms with Crippen molar-refractivity contribution in [2.24, 2.45) is 5.92 Å². The van der Waals surface area contributed by atoms with Gasteiger partial charge in [0.05, 0.1) is 5.69 Å². The van der Waals surface area contributed by atoms with E-state index in [1.807, 2.05) is 19.1 Å². The number of aryl methyl sites for hydroxylation is 2. The zero-order valence-corrected chi connectivity index (χ0v) is 18.9. The van der Waals surface area contributed by atoms with Crippen molar-refractivity contribution in [3.05, 3.63) is 41.3 Å². The Labute approximate surface area is 180 Å². The minimum absolute atomic E-state index is 0.124. The molecular weight excluding hydrogens is 376 g/mol. The van der Waals surface area contributed by atoms with E-state index in [2.05, 4.69) is 48.1 Å². The van der Waals surface area contributed by atoms with Crippen molar-refractivity contribution < 1.29 is 9.21 Å². The van der Waals surface area contributed by atoms with Crippen LogP contribution in [0.15, 0.2) is 28.7 Å². The van der Waals surface area contributed by atoms with Gasteiger partial charge in [-0.05, 0) is 71.4 Å². The molecule has 1 aromatic carbocycles. The van der Waals surface area contributed by atoms with E-state index >= 15 is 0 Å². The molecule has 1 N–H and O–H groups in total. The lowest BCUT2D eigenvalue weighted by Crippen LogP contribution is -2.42. The second-order valence-electron chi connectivity index (χ2n) is 8.48. The molecule has 0 saturated carbocycles. The lowest BCUT2D eigenvalue weighted by atomic mass is 9.96. The Kier molecular flexibility index (Phi) is 8.05. The van der Waals surface area contributed by atoms with Gasteiger partial charge in [0.1, 0.15) is 5.76 Å². The zero-order valence-electron chi connectivity index (χ0n) is 18.9. The fourth-order valence-electron chi connectivity index (χ4n) is 4.08. The van der Waals surface area contributed by atoms with Crippen LogP contribution in [-0.2, 0) is 11.3 Å². The first-order valence-corrected chi connectivity index (χ1v) is 11.2.